The Hall–Kier alpha value is -2.61. The van der Waals surface area contributed by atoms with E-state index in [1.54, 1.807) is 0 Å². The normalized spacial score (nSPS) is 10.4. The van der Waals surface area contributed by atoms with E-state index in [0.29, 0.717) is 18.8 Å². The number of carbonyl (C=O) groups is 1. The standard InChI is InChI=1S/C13H18N6O2/c1-2-11-17-18(9-12(20)16-14)13(21)19(11)15-8-10-6-4-3-5-7-10/h3-7,15H,2,8-9,14H2,1H3,(H,16,20). The van der Waals surface area contributed by atoms with Gasteiger partial charge < -0.3 is 5.43 Å². The van der Waals surface area contributed by atoms with E-state index < -0.39 is 11.6 Å². The highest BCUT2D eigenvalue weighted by molar-refractivity contribution is 5.74. The maximum absolute atomic E-state index is 12.2. The van der Waals surface area contributed by atoms with Crippen molar-refractivity contribution in [1.82, 2.24) is 19.9 Å². The Bertz CT molecular complexity index is 661. The summed E-state index contributed by atoms with van der Waals surface area (Å²) in [6.07, 6.45) is 0.564. The lowest BCUT2D eigenvalue weighted by Gasteiger charge is -2.07. The van der Waals surface area contributed by atoms with Crippen molar-refractivity contribution in [3.63, 3.8) is 0 Å². The van der Waals surface area contributed by atoms with Crippen LogP contribution in [0, 0.1) is 0 Å². The molecule has 1 amide bonds. The Morgan fingerprint density at radius 1 is 1.33 bits per heavy atom. The number of rotatable bonds is 6. The smallest absolute Gasteiger partial charge is 0.316 e. The SMILES string of the molecule is CCc1nn(CC(=O)NN)c(=O)n1NCc1ccccc1. The van der Waals surface area contributed by atoms with Gasteiger partial charge >= 0.3 is 5.69 Å². The first-order chi connectivity index (χ1) is 10.2. The summed E-state index contributed by atoms with van der Waals surface area (Å²) in [5.74, 6) is 5.09. The third-order valence-electron chi connectivity index (χ3n) is 2.96. The van der Waals surface area contributed by atoms with Crippen LogP contribution in [-0.2, 0) is 24.3 Å². The minimum Gasteiger partial charge on any atom is -0.316 e. The van der Waals surface area contributed by atoms with E-state index in [1.165, 1.54) is 4.68 Å². The van der Waals surface area contributed by atoms with E-state index in [-0.39, 0.29) is 6.54 Å². The molecule has 0 atom stereocenters. The highest BCUT2D eigenvalue weighted by Gasteiger charge is 2.13. The third kappa shape index (κ3) is 3.48. The highest BCUT2D eigenvalue weighted by atomic mass is 16.2. The number of aromatic nitrogens is 3. The van der Waals surface area contributed by atoms with E-state index in [0.717, 1.165) is 10.2 Å². The molecule has 21 heavy (non-hydrogen) atoms. The largest absolute Gasteiger partial charge is 0.365 e. The van der Waals surface area contributed by atoms with Gasteiger partial charge in [-0.15, -0.1) is 0 Å². The molecule has 1 heterocycles. The zero-order valence-corrected chi connectivity index (χ0v) is 11.7. The summed E-state index contributed by atoms with van der Waals surface area (Å²) < 4.78 is 2.44. The molecule has 0 radical (unpaired) electrons. The van der Waals surface area contributed by atoms with Crippen LogP contribution >= 0.6 is 0 Å². The number of aryl methyl sites for hydroxylation is 1. The first-order valence-electron chi connectivity index (χ1n) is 6.61. The molecule has 112 valence electrons. The van der Waals surface area contributed by atoms with Crippen LogP contribution in [0.4, 0.5) is 0 Å². The molecule has 0 saturated heterocycles. The molecule has 0 aliphatic carbocycles. The number of carbonyl (C=O) groups excluding carboxylic acids is 1. The van der Waals surface area contributed by atoms with Gasteiger partial charge in [0.05, 0.1) is 6.54 Å². The fourth-order valence-electron chi connectivity index (χ4n) is 1.89. The summed E-state index contributed by atoms with van der Waals surface area (Å²) in [7, 11) is 0. The molecule has 2 aromatic rings. The maximum Gasteiger partial charge on any atom is 0.365 e. The average Bonchev–Trinajstić information content (AvgIpc) is 2.82. The van der Waals surface area contributed by atoms with Gasteiger partial charge in [-0.1, -0.05) is 37.3 Å². The van der Waals surface area contributed by atoms with Gasteiger partial charge in [-0.3, -0.25) is 10.2 Å². The van der Waals surface area contributed by atoms with Crippen molar-refractivity contribution in [2.24, 2.45) is 5.84 Å². The summed E-state index contributed by atoms with van der Waals surface area (Å²) >= 11 is 0. The Labute approximate surface area is 121 Å². The van der Waals surface area contributed by atoms with Crippen molar-refractivity contribution in [2.75, 3.05) is 5.43 Å². The minimum atomic E-state index is -0.479. The molecule has 0 fully saturated rings. The Morgan fingerprint density at radius 3 is 2.67 bits per heavy atom. The van der Waals surface area contributed by atoms with Gasteiger partial charge in [0, 0.05) is 6.42 Å². The molecule has 1 aromatic heterocycles. The van der Waals surface area contributed by atoms with Crippen LogP contribution in [-0.4, -0.2) is 20.4 Å². The minimum absolute atomic E-state index is 0.206. The van der Waals surface area contributed by atoms with Gasteiger partial charge in [0.2, 0.25) is 0 Å². The summed E-state index contributed by atoms with van der Waals surface area (Å²) in [6.45, 7) is 2.17. The van der Waals surface area contributed by atoms with Crippen molar-refractivity contribution < 1.29 is 4.79 Å². The second-order valence-electron chi connectivity index (χ2n) is 4.43. The number of hydrogen-bond acceptors (Lipinski definition) is 5. The second kappa shape index (κ2) is 6.71. The second-order valence-corrected chi connectivity index (χ2v) is 4.43. The van der Waals surface area contributed by atoms with Crippen LogP contribution in [0.25, 0.3) is 0 Å². The summed E-state index contributed by atoms with van der Waals surface area (Å²) in [6, 6.07) is 9.69. The fourth-order valence-corrected chi connectivity index (χ4v) is 1.89. The van der Waals surface area contributed by atoms with Crippen molar-refractivity contribution >= 4 is 5.91 Å². The fraction of sp³-hybridized carbons (Fsp3) is 0.308. The highest BCUT2D eigenvalue weighted by Crippen LogP contribution is 1.99. The van der Waals surface area contributed by atoms with Crippen LogP contribution in [0.2, 0.25) is 0 Å². The predicted molar refractivity (Wildman–Crippen MR) is 77.7 cm³/mol. The van der Waals surface area contributed by atoms with Crippen molar-refractivity contribution in [3.8, 4) is 0 Å². The summed E-state index contributed by atoms with van der Waals surface area (Å²) in [4.78, 5) is 23.5. The topological polar surface area (TPSA) is 107 Å². The van der Waals surface area contributed by atoms with Gasteiger partial charge in [0.25, 0.3) is 5.91 Å². The van der Waals surface area contributed by atoms with Gasteiger partial charge in [-0.2, -0.15) is 9.77 Å². The van der Waals surface area contributed by atoms with Gasteiger partial charge in [-0.25, -0.2) is 15.3 Å². The number of hydrazine groups is 1. The molecule has 0 aliphatic rings. The summed E-state index contributed by atoms with van der Waals surface area (Å²) in [5.41, 5.74) is 5.64. The first kappa shape index (κ1) is 14.8. The Morgan fingerprint density at radius 2 is 2.05 bits per heavy atom. The quantitative estimate of drug-likeness (QED) is 0.372. The first-order valence-corrected chi connectivity index (χ1v) is 6.61. The number of hydrogen-bond donors (Lipinski definition) is 3. The molecule has 0 aliphatic heterocycles. The molecule has 0 bridgehead atoms. The third-order valence-corrected chi connectivity index (χ3v) is 2.96. The molecule has 1 aromatic carbocycles. The average molecular weight is 290 g/mol. The molecule has 8 heteroatoms. The van der Waals surface area contributed by atoms with Crippen LogP contribution in [0.15, 0.2) is 35.1 Å². The van der Waals surface area contributed by atoms with E-state index in [2.05, 4.69) is 10.5 Å². The van der Waals surface area contributed by atoms with Gasteiger partial charge in [0.1, 0.15) is 6.54 Å². The molecular formula is C13H18N6O2. The molecule has 4 N–H and O–H groups in total. The van der Waals surface area contributed by atoms with Gasteiger partial charge in [0.15, 0.2) is 5.82 Å². The van der Waals surface area contributed by atoms with Crippen LogP contribution in [0.5, 0.6) is 0 Å². The maximum atomic E-state index is 12.2. The van der Waals surface area contributed by atoms with Gasteiger partial charge in [-0.05, 0) is 5.56 Å². The molecule has 0 unspecified atom stereocenters. The summed E-state index contributed by atoms with van der Waals surface area (Å²) in [5, 5.41) is 4.12. The van der Waals surface area contributed by atoms with E-state index in [4.69, 9.17) is 5.84 Å². The predicted octanol–water partition coefficient (Wildman–Crippen LogP) is -0.659. The zero-order chi connectivity index (χ0) is 15.2. The lowest BCUT2D eigenvalue weighted by molar-refractivity contribution is -0.121. The zero-order valence-electron chi connectivity index (χ0n) is 11.7. The number of amides is 1. The van der Waals surface area contributed by atoms with Crippen LogP contribution in [0.1, 0.15) is 18.3 Å². The van der Waals surface area contributed by atoms with E-state index >= 15 is 0 Å². The lowest BCUT2D eigenvalue weighted by atomic mass is 10.2. The molecule has 0 saturated carbocycles. The molecule has 8 nitrogen and oxygen atoms in total. The Kier molecular flexibility index (Phi) is 4.72. The molecule has 0 spiro atoms. The molecule has 2 rings (SSSR count). The Balaban J connectivity index is 2.18. The van der Waals surface area contributed by atoms with Crippen molar-refractivity contribution in [2.45, 2.75) is 26.4 Å². The number of nitrogens with two attached hydrogens (primary N) is 1. The number of nitrogens with one attached hydrogen (secondary N) is 2. The molecular weight excluding hydrogens is 272 g/mol. The number of benzene rings is 1. The van der Waals surface area contributed by atoms with Crippen molar-refractivity contribution in [3.05, 3.63) is 52.2 Å². The number of nitrogens with zero attached hydrogens (tertiary/aromatic N) is 3. The van der Waals surface area contributed by atoms with E-state index in [9.17, 15) is 9.59 Å². The van der Waals surface area contributed by atoms with E-state index in [1.807, 2.05) is 42.7 Å². The van der Waals surface area contributed by atoms with Crippen LogP contribution < -0.4 is 22.4 Å². The van der Waals surface area contributed by atoms with Crippen LogP contribution in [0.3, 0.4) is 0 Å². The lowest BCUT2D eigenvalue weighted by Crippen LogP contribution is -2.38. The monoisotopic (exact) mass is 290 g/mol. The van der Waals surface area contributed by atoms with Crippen molar-refractivity contribution in [1.29, 1.82) is 0 Å².